The molecule has 2 aliphatic rings. The van der Waals surface area contributed by atoms with E-state index in [0.717, 1.165) is 11.8 Å². The molecule has 2 fully saturated rings. The smallest absolute Gasteiger partial charge is 0.263 e. The van der Waals surface area contributed by atoms with Crippen LogP contribution in [-0.4, -0.2) is 11.9 Å². The minimum Gasteiger partial charge on any atom is -0.397 e. The summed E-state index contributed by atoms with van der Waals surface area (Å²) in [7, 11) is 0. The van der Waals surface area contributed by atoms with Gasteiger partial charge in [0, 0.05) is 6.04 Å². The van der Waals surface area contributed by atoms with E-state index in [1.165, 1.54) is 37.0 Å². The van der Waals surface area contributed by atoms with E-state index >= 15 is 0 Å². The second kappa shape index (κ2) is 4.57. The molecule has 0 aliphatic heterocycles. The molecule has 2 bridgehead atoms. The van der Waals surface area contributed by atoms with Crippen LogP contribution in [0.5, 0.6) is 0 Å². The number of nitrogens with two attached hydrogens (primary N) is 1. The zero-order valence-corrected chi connectivity index (χ0v) is 11.5. The van der Waals surface area contributed by atoms with E-state index < -0.39 is 0 Å². The number of anilines is 1. The average Bonchev–Trinajstić information content (AvgIpc) is 3.03. The molecule has 4 unspecified atom stereocenters. The van der Waals surface area contributed by atoms with Gasteiger partial charge in [-0.05, 0) is 55.4 Å². The Kier molecular flexibility index (Phi) is 3.06. The third-order valence-electron chi connectivity index (χ3n) is 4.70. The van der Waals surface area contributed by atoms with Gasteiger partial charge in [-0.3, -0.25) is 4.79 Å². The molecule has 4 heteroatoms. The van der Waals surface area contributed by atoms with Crippen molar-refractivity contribution in [2.24, 2.45) is 17.8 Å². The average molecular weight is 264 g/mol. The minimum absolute atomic E-state index is 0.00206. The summed E-state index contributed by atoms with van der Waals surface area (Å²) in [5.74, 6) is 2.43. The molecule has 0 radical (unpaired) electrons. The lowest BCUT2D eigenvalue weighted by atomic mass is 9.84. The number of carbonyl (C=O) groups is 1. The van der Waals surface area contributed by atoms with Crippen molar-refractivity contribution in [2.75, 3.05) is 5.73 Å². The van der Waals surface area contributed by atoms with Crippen molar-refractivity contribution in [3.63, 3.8) is 0 Å². The van der Waals surface area contributed by atoms with Crippen molar-refractivity contribution in [3.05, 3.63) is 16.3 Å². The quantitative estimate of drug-likeness (QED) is 0.882. The van der Waals surface area contributed by atoms with E-state index in [1.807, 2.05) is 5.38 Å². The summed E-state index contributed by atoms with van der Waals surface area (Å²) in [6.45, 7) is 2.15. The fourth-order valence-electron chi connectivity index (χ4n) is 3.79. The van der Waals surface area contributed by atoms with Crippen molar-refractivity contribution in [2.45, 2.75) is 38.6 Å². The molecule has 1 aromatic rings. The summed E-state index contributed by atoms with van der Waals surface area (Å²) >= 11 is 1.42. The van der Waals surface area contributed by atoms with Crippen LogP contribution in [0.1, 0.15) is 42.3 Å². The Labute approximate surface area is 112 Å². The van der Waals surface area contributed by atoms with Gasteiger partial charge >= 0.3 is 0 Å². The van der Waals surface area contributed by atoms with Crippen molar-refractivity contribution < 1.29 is 4.79 Å². The molecular formula is C14H20N2OS. The molecule has 0 aromatic carbocycles. The molecule has 1 aromatic heterocycles. The maximum atomic E-state index is 12.1. The maximum Gasteiger partial charge on any atom is 0.263 e. The summed E-state index contributed by atoms with van der Waals surface area (Å²) in [4.78, 5) is 12.8. The van der Waals surface area contributed by atoms with Crippen LogP contribution in [-0.2, 0) is 0 Å². The molecule has 0 saturated heterocycles. The Hall–Kier alpha value is -1.03. The van der Waals surface area contributed by atoms with Crippen LogP contribution < -0.4 is 11.1 Å². The Balaban J connectivity index is 1.63. The van der Waals surface area contributed by atoms with E-state index in [0.29, 0.717) is 16.5 Å². The third kappa shape index (κ3) is 2.03. The zero-order chi connectivity index (χ0) is 12.7. The first-order valence-corrected chi connectivity index (χ1v) is 7.67. The maximum absolute atomic E-state index is 12.1. The normalized spacial score (nSPS) is 31.5. The van der Waals surface area contributed by atoms with Crippen LogP contribution in [0.2, 0.25) is 0 Å². The molecule has 18 heavy (non-hydrogen) atoms. The predicted octanol–water partition coefficient (Wildman–Crippen LogP) is 2.88. The number of hydrogen-bond donors (Lipinski definition) is 2. The summed E-state index contributed by atoms with van der Waals surface area (Å²) in [6.07, 6.45) is 5.44. The van der Waals surface area contributed by atoms with Crippen LogP contribution in [0, 0.1) is 17.8 Å². The Morgan fingerprint density at radius 1 is 1.50 bits per heavy atom. The van der Waals surface area contributed by atoms with Gasteiger partial charge in [0.05, 0.1) is 5.69 Å². The highest BCUT2D eigenvalue weighted by molar-refractivity contribution is 7.12. The third-order valence-corrected chi connectivity index (χ3v) is 5.62. The highest BCUT2D eigenvalue weighted by Crippen LogP contribution is 2.49. The molecule has 3 nitrogen and oxygen atoms in total. The lowest BCUT2D eigenvalue weighted by molar-refractivity contribution is 0.0920. The number of amides is 1. The van der Waals surface area contributed by atoms with Gasteiger partial charge in [-0.25, -0.2) is 0 Å². The SMILES string of the molecule is CC(NC(=O)c1sccc1N)C1CC2CCC1C2. The number of nitrogen functional groups attached to an aromatic ring is 1. The van der Waals surface area contributed by atoms with Crippen LogP contribution in [0.15, 0.2) is 11.4 Å². The molecule has 4 atom stereocenters. The highest BCUT2D eigenvalue weighted by atomic mass is 32.1. The van der Waals surface area contributed by atoms with Gasteiger partial charge in [0.25, 0.3) is 5.91 Å². The first-order chi connectivity index (χ1) is 8.65. The minimum atomic E-state index is -0.00206. The van der Waals surface area contributed by atoms with Gasteiger partial charge in [0.2, 0.25) is 0 Å². The number of thiophene rings is 1. The number of fused-ring (bicyclic) bond motifs is 2. The lowest BCUT2D eigenvalue weighted by Crippen LogP contribution is -2.40. The van der Waals surface area contributed by atoms with Crippen LogP contribution in [0.4, 0.5) is 5.69 Å². The molecule has 1 heterocycles. The molecule has 2 aliphatic carbocycles. The van der Waals surface area contributed by atoms with Crippen molar-refractivity contribution >= 4 is 22.9 Å². The molecule has 98 valence electrons. The molecule has 0 spiro atoms. The van der Waals surface area contributed by atoms with E-state index in [-0.39, 0.29) is 11.9 Å². The van der Waals surface area contributed by atoms with Crippen molar-refractivity contribution in [3.8, 4) is 0 Å². The van der Waals surface area contributed by atoms with Crippen molar-refractivity contribution in [1.29, 1.82) is 0 Å². The van der Waals surface area contributed by atoms with Gasteiger partial charge < -0.3 is 11.1 Å². The van der Waals surface area contributed by atoms with Crippen LogP contribution in [0.3, 0.4) is 0 Å². The van der Waals surface area contributed by atoms with Gasteiger partial charge in [-0.15, -0.1) is 11.3 Å². The van der Waals surface area contributed by atoms with Gasteiger partial charge in [0.15, 0.2) is 0 Å². The van der Waals surface area contributed by atoms with Crippen molar-refractivity contribution in [1.82, 2.24) is 5.32 Å². The largest absolute Gasteiger partial charge is 0.397 e. The molecule has 1 amide bonds. The second-order valence-corrected chi connectivity index (χ2v) is 6.72. The van der Waals surface area contributed by atoms with E-state index in [4.69, 9.17) is 5.73 Å². The Morgan fingerprint density at radius 3 is 2.89 bits per heavy atom. The number of hydrogen-bond acceptors (Lipinski definition) is 3. The van der Waals surface area contributed by atoms with Gasteiger partial charge in [-0.2, -0.15) is 0 Å². The predicted molar refractivity (Wildman–Crippen MR) is 74.6 cm³/mol. The van der Waals surface area contributed by atoms with Crippen LogP contribution in [0.25, 0.3) is 0 Å². The van der Waals surface area contributed by atoms with E-state index in [9.17, 15) is 4.79 Å². The first kappa shape index (κ1) is 12.0. The van der Waals surface area contributed by atoms with Gasteiger partial charge in [-0.1, -0.05) is 6.42 Å². The van der Waals surface area contributed by atoms with Crippen LogP contribution >= 0.6 is 11.3 Å². The number of nitrogens with one attached hydrogen (secondary N) is 1. The second-order valence-electron chi connectivity index (χ2n) is 5.81. The summed E-state index contributed by atoms with van der Waals surface area (Å²) < 4.78 is 0. The lowest BCUT2D eigenvalue weighted by Gasteiger charge is -2.28. The fraction of sp³-hybridized carbons (Fsp3) is 0.643. The first-order valence-electron chi connectivity index (χ1n) is 6.79. The standard InChI is InChI=1S/C14H20N2OS/c1-8(11-7-9-2-3-10(11)6-9)16-14(17)13-12(15)4-5-18-13/h4-5,8-11H,2-3,6-7,15H2,1H3,(H,16,17). The monoisotopic (exact) mass is 264 g/mol. The number of rotatable bonds is 3. The molecular weight excluding hydrogens is 244 g/mol. The fourth-order valence-corrected chi connectivity index (χ4v) is 4.51. The number of carbonyl (C=O) groups excluding carboxylic acids is 1. The van der Waals surface area contributed by atoms with E-state index in [2.05, 4.69) is 12.2 Å². The zero-order valence-electron chi connectivity index (χ0n) is 10.7. The molecule has 3 rings (SSSR count). The molecule has 2 saturated carbocycles. The molecule has 3 N–H and O–H groups in total. The summed E-state index contributed by atoms with van der Waals surface area (Å²) in [5.41, 5.74) is 6.38. The Bertz CT molecular complexity index is 456. The van der Waals surface area contributed by atoms with E-state index in [1.54, 1.807) is 6.07 Å². The van der Waals surface area contributed by atoms with Gasteiger partial charge in [0.1, 0.15) is 4.88 Å². The Morgan fingerprint density at radius 2 is 2.33 bits per heavy atom. The summed E-state index contributed by atoms with van der Waals surface area (Å²) in [5, 5.41) is 5.01. The highest BCUT2D eigenvalue weighted by Gasteiger charge is 2.42. The topological polar surface area (TPSA) is 55.1 Å². The summed E-state index contributed by atoms with van der Waals surface area (Å²) in [6, 6.07) is 2.07.